The molecular formula is C10H13N5S2. The van der Waals surface area contributed by atoms with Gasteiger partial charge in [-0.1, -0.05) is 23.1 Å². The normalized spacial score (nSPS) is 12.4. The van der Waals surface area contributed by atoms with Crippen molar-refractivity contribution in [3.05, 3.63) is 24.3 Å². The monoisotopic (exact) mass is 267 g/mol. The Morgan fingerprint density at radius 3 is 2.53 bits per heavy atom. The fourth-order valence-corrected chi connectivity index (χ4v) is 3.12. The Balaban J connectivity index is 2.05. The molecule has 17 heavy (non-hydrogen) atoms. The van der Waals surface area contributed by atoms with Gasteiger partial charge in [0.1, 0.15) is 5.82 Å². The Bertz CT molecular complexity index is 471. The molecule has 0 saturated heterocycles. The third-order valence-electron chi connectivity index (χ3n) is 2.01. The van der Waals surface area contributed by atoms with Crippen LogP contribution in [0.15, 0.2) is 22.8 Å². The molecule has 5 nitrogen and oxygen atoms in total. The predicted octanol–water partition coefficient (Wildman–Crippen LogP) is 2.25. The molecule has 0 bridgehead atoms. The first-order chi connectivity index (χ1) is 8.16. The van der Waals surface area contributed by atoms with Crippen LogP contribution in [0.2, 0.25) is 0 Å². The molecule has 2 rings (SSSR count). The number of nitrogens with zero attached hydrogens (tertiary/aromatic N) is 5. The lowest BCUT2D eigenvalue weighted by Gasteiger charge is -2.06. The van der Waals surface area contributed by atoms with Crippen LogP contribution in [0.1, 0.15) is 18.0 Å². The smallest absolute Gasteiger partial charge is 0.208 e. The quantitative estimate of drug-likeness (QED) is 0.792. The lowest BCUT2D eigenvalue weighted by atomic mass is 10.4. The van der Waals surface area contributed by atoms with Gasteiger partial charge in [-0.3, -0.25) is 0 Å². The molecule has 0 aromatic carbocycles. The molecule has 1 atom stereocenters. The predicted molar refractivity (Wildman–Crippen MR) is 70.5 cm³/mol. The van der Waals surface area contributed by atoms with E-state index in [1.54, 1.807) is 35.5 Å². The van der Waals surface area contributed by atoms with Crippen molar-refractivity contribution in [1.29, 1.82) is 0 Å². The van der Waals surface area contributed by atoms with Gasteiger partial charge in [0.25, 0.3) is 0 Å². The van der Waals surface area contributed by atoms with E-state index < -0.39 is 0 Å². The third kappa shape index (κ3) is 3.13. The Kier molecular flexibility index (Phi) is 3.90. The molecule has 90 valence electrons. The van der Waals surface area contributed by atoms with Crippen LogP contribution in [-0.2, 0) is 0 Å². The fraction of sp³-hybridized carbons (Fsp3) is 0.400. The van der Waals surface area contributed by atoms with Gasteiger partial charge in [-0.25, -0.2) is 9.97 Å². The average Bonchev–Trinajstić information content (AvgIpc) is 2.79. The van der Waals surface area contributed by atoms with Crippen molar-refractivity contribution in [2.24, 2.45) is 0 Å². The lowest BCUT2D eigenvalue weighted by molar-refractivity contribution is 0.910. The molecule has 0 aliphatic rings. The number of hydrogen-bond acceptors (Lipinski definition) is 7. The standard InChI is InChI=1S/C10H13N5S2/c1-7(8-11-5-4-6-12-8)16-10-14-13-9(17-10)15(2)3/h4-7H,1-3H3. The summed E-state index contributed by atoms with van der Waals surface area (Å²) in [5.41, 5.74) is 0. The van der Waals surface area contributed by atoms with E-state index in [-0.39, 0.29) is 5.25 Å². The van der Waals surface area contributed by atoms with E-state index in [2.05, 4.69) is 27.1 Å². The summed E-state index contributed by atoms with van der Waals surface area (Å²) in [6.45, 7) is 2.07. The zero-order valence-corrected chi connectivity index (χ0v) is 11.5. The largest absolute Gasteiger partial charge is 0.353 e. The Morgan fingerprint density at radius 1 is 1.24 bits per heavy atom. The van der Waals surface area contributed by atoms with Gasteiger partial charge in [0, 0.05) is 26.5 Å². The van der Waals surface area contributed by atoms with E-state index in [0.717, 1.165) is 15.3 Å². The summed E-state index contributed by atoms with van der Waals surface area (Å²) in [4.78, 5) is 10.4. The van der Waals surface area contributed by atoms with Gasteiger partial charge < -0.3 is 4.90 Å². The molecule has 2 aromatic heterocycles. The second-order valence-corrected chi connectivity index (χ2v) is 6.16. The summed E-state index contributed by atoms with van der Waals surface area (Å²) in [5.74, 6) is 0.819. The molecule has 7 heteroatoms. The third-order valence-corrected chi connectivity index (χ3v) is 4.28. The lowest BCUT2D eigenvalue weighted by Crippen LogP contribution is -2.07. The van der Waals surface area contributed by atoms with Crippen LogP contribution in [0, 0.1) is 0 Å². The van der Waals surface area contributed by atoms with Crippen LogP contribution >= 0.6 is 23.1 Å². The molecule has 0 N–H and O–H groups in total. The maximum absolute atomic E-state index is 4.23. The van der Waals surface area contributed by atoms with Crippen molar-refractivity contribution in [2.45, 2.75) is 16.5 Å². The van der Waals surface area contributed by atoms with Crippen LogP contribution in [0.4, 0.5) is 5.13 Å². The van der Waals surface area contributed by atoms with Gasteiger partial charge in [0.2, 0.25) is 5.13 Å². The second-order valence-electron chi connectivity index (χ2n) is 3.61. The van der Waals surface area contributed by atoms with Crippen LogP contribution in [0.25, 0.3) is 0 Å². The van der Waals surface area contributed by atoms with E-state index in [0.29, 0.717) is 0 Å². The molecule has 0 aliphatic carbocycles. The first kappa shape index (κ1) is 12.3. The van der Waals surface area contributed by atoms with E-state index in [4.69, 9.17) is 0 Å². The van der Waals surface area contributed by atoms with Gasteiger partial charge in [0.15, 0.2) is 4.34 Å². The molecular weight excluding hydrogens is 254 g/mol. The Labute approximate surface area is 108 Å². The van der Waals surface area contributed by atoms with Gasteiger partial charge in [-0.05, 0) is 13.0 Å². The number of hydrogen-bond donors (Lipinski definition) is 0. The highest BCUT2D eigenvalue weighted by Gasteiger charge is 2.14. The Hall–Kier alpha value is -1.21. The van der Waals surface area contributed by atoms with Crippen LogP contribution in [0.3, 0.4) is 0 Å². The number of rotatable bonds is 4. The zero-order valence-electron chi connectivity index (χ0n) is 9.86. The molecule has 0 amide bonds. The highest BCUT2D eigenvalue weighted by molar-refractivity contribution is 8.01. The molecule has 0 radical (unpaired) electrons. The van der Waals surface area contributed by atoms with Crippen molar-refractivity contribution in [2.75, 3.05) is 19.0 Å². The van der Waals surface area contributed by atoms with Gasteiger partial charge in [0.05, 0.1) is 5.25 Å². The summed E-state index contributed by atoms with van der Waals surface area (Å²) in [7, 11) is 3.91. The van der Waals surface area contributed by atoms with Gasteiger partial charge >= 0.3 is 0 Å². The molecule has 2 aromatic rings. The molecule has 1 unspecified atom stereocenters. The van der Waals surface area contributed by atoms with E-state index >= 15 is 0 Å². The maximum Gasteiger partial charge on any atom is 0.208 e. The van der Waals surface area contributed by atoms with Crippen LogP contribution < -0.4 is 4.90 Å². The molecule has 0 fully saturated rings. The molecule has 0 aliphatic heterocycles. The van der Waals surface area contributed by atoms with Crippen molar-refractivity contribution >= 4 is 28.2 Å². The Morgan fingerprint density at radius 2 is 1.94 bits per heavy atom. The fourth-order valence-electron chi connectivity index (χ4n) is 1.16. The summed E-state index contributed by atoms with van der Waals surface area (Å²) in [6, 6.07) is 1.82. The van der Waals surface area contributed by atoms with Gasteiger partial charge in [-0.2, -0.15) is 0 Å². The highest BCUT2D eigenvalue weighted by Crippen LogP contribution is 2.36. The zero-order chi connectivity index (χ0) is 12.3. The minimum Gasteiger partial charge on any atom is -0.353 e. The minimum atomic E-state index is 0.180. The summed E-state index contributed by atoms with van der Waals surface area (Å²) < 4.78 is 0.939. The van der Waals surface area contributed by atoms with E-state index in [1.165, 1.54) is 0 Å². The summed E-state index contributed by atoms with van der Waals surface area (Å²) in [5, 5.41) is 9.32. The molecule has 0 spiro atoms. The first-order valence-electron chi connectivity index (χ1n) is 5.11. The molecule has 2 heterocycles. The van der Waals surface area contributed by atoms with E-state index in [1.807, 2.05) is 25.1 Å². The van der Waals surface area contributed by atoms with E-state index in [9.17, 15) is 0 Å². The summed E-state index contributed by atoms with van der Waals surface area (Å²) >= 11 is 3.20. The number of thioether (sulfide) groups is 1. The van der Waals surface area contributed by atoms with Crippen LogP contribution in [0.5, 0.6) is 0 Å². The minimum absolute atomic E-state index is 0.180. The van der Waals surface area contributed by atoms with Crippen molar-refractivity contribution in [3.8, 4) is 0 Å². The summed E-state index contributed by atoms with van der Waals surface area (Å²) in [6.07, 6.45) is 3.51. The van der Waals surface area contributed by atoms with Crippen molar-refractivity contribution in [3.63, 3.8) is 0 Å². The molecule has 0 saturated carbocycles. The van der Waals surface area contributed by atoms with Gasteiger partial charge in [-0.15, -0.1) is 10.2 Å². The first-order valence-corrected chi connectivity index (χ1v) is 6.81. The maximum atomic E-state index is 4.23. The topological polar surface area (TPSA) is 54.8 Å². The second kappa shape index (κ2) is 5.42. The van der Waals surface area contributed by atoms with Crippen molar-refractivity contribution < 1.29 is 0 Å². The van der Waals surface area contributed by atoms with Crippen molar-refractivity contribution in [1.82, 2.24) is 20.2 Å². The number of aromatic nitrogens is 4. The SMILES string of the molecule is CC(Sc1nnc(N(C)C)s1)c1ncccn1. The highest BCUT2D eigenvalue weighted by atomic mass is 32.2. The average molecular weight is 267 g/mol. The van der Waals surface area contributed by atoms with Crippen LogP contribution in [-0.4, -0.2) is 34.3 Å². The number of anilines is 1.